The van der Waals surface area contributed by atoms with Crippen LogP contribution in [0.5, 0.6) is 0 Å². The molecular formula is C12H18ClNO2. The quantitative estimate of drug-likeness (QED) is 0.690. The second-order valence-corrected chi connectivity index (χ2v) is 4.42. The average Bonchev–Trinajstić information content (AvgIpc) is 2.23. The Balaban J connectivity index is 2.07. The number of halogens is 1. The fourth-order valence-corrected chi connectivity index (χ4v) is 1.32. The first-order chi connectivity index (χ1) is 7.68. The van der Waals surface area contributed by atoms with E-state index < -0.39 is 0 Å². The van der Waals surface area contributed by atoms with Gasteiger partial charge in [0.25, 0.3) is 0 Å². The minimum absolute atomic E-state index is 0.478. The molecule has 0 aliphatic rings. The van der Waals surface area contributed by atoms with Crippen LogP contribution in [0.25, 0.3) is 0 Å². The van der Waals surface area contributed by atoms with Crippen LogP contribution in [0.3, 0.4) is 0 Å². The van der Waals surface area contributed by atoms with E-state index >= 15 is 0 Å². The Morgan fingerprint density at radius 3 is 2.75 bits per heavy atom. The van der Waals surface area contributed by atoms with Crippen LogP contribution >= 0.6 is 11.6 Å². The number of aromatic nitrogens is 1. The smallest absolute Gasteiger partial charge is 0.0889 e. The van der Waals surface area contributed by atoms with Crippen molar-refractivity contribution in [2.75, 3.05) is 19.8 Å². The Kier molecular flexibility index (Phi) is 6.38. The van der Waals surface area contributed by atoms with Gasteiger partial charge in [0, 0.05) is 17.8 Å². The molecule has 0 aromatic carbocycles. The van der Waals surface area contributed by atoms with E-state index in [1.165, 1.54) is 0 Å². The molecule has 0 aliphatic carbocycles. The molecular weight excluding hydrogens is 226 g/mol. The van der Waals surface area contributed by atoms with E-state index in [-0.39, 0.29) is 0 Å². The zero-order valence-electron chi connectivity index (χ0n) is 9.78. The van der Waals surface area contributed by atoms with E-state index in [4.69, 9.17) is 21.1 Å². The molecule has 16 heavy (non-hydrogen) atoms. The molecule has 0 fully saturated rings. The van der Waals surface area contributed by atoms with Gasteiger partial charge < -0.3 is 9.47 Å². The Morgan fingerprint density at radius 1 is 1.31 bits per heavy atom. The lowest BCUT2D eigenvalue weighted by atomic mass is 10.2. The van der Waals surface area contributed by atoms with Gasteiger partial charge in [0.1, 0.15) is 0 Å². The molecule has 0 aliphatic heterocycles. The lowest BCUT2D eigenvalue weighted by Gasteiger charge is -2.07. The lowest BCUT2D eigenvalue weighted by molar-refractivity contribution is 0.0305. The highest BCUT2D eigenvalue weighted by atomic mass is 35.5. The SMILES string of the molecule is CC(C)COCCOCc1cc(Cl)ccn1. The molecule has 0 atom stereocenters. The number of hydrogen-bond donors (Lipinski definition) is 0. The van der Waals surface area contributed by atoms with Gasteiger partial charge in [-0.1, -0.05) is 25.4 Å². The number of pyridine rings is 1. The molecule has 1 aromatic heterocycles. The molecule has 0 bridgehead atoms. The van der Waals surface area contributed by atoms with Gasteiger partial charge in [-0.05, 0) is 18.1 Å². The number of rotatable bonds is 7. The summed E-state index contributed by atoms with van der Waals surface area (Å²) in [6.45, 7) is 6.71. The van der Waals surface area contributed by atoms with Crippen molar-refractivity contribution in [3.05, 3.63) is 29.0 Å². The summed E-state index contributed by atoms with van der Waals surface area (Å²) in [5.74, 6) is 0.564. The maximum Gasteiger partial charge on any atom is 0.0889 e. The van der Waals surface area contributed by atoms with E-state index in [9.17, 15) is 0 Å². The van der Waals surface area contributed by atoms with Crippen LogP contribution in [-0.2, 0) is 16.1 Å². The molecule has 0 amide bonds. The standard InChI is InChI=1S/C12H18ClNO2/c1-10(2)8-15-5-6-16-9-12-7-11(13)3-4-14-12/h3-4,7,10H,5-6,8-9H2,1-2H3. The van der Waals surface area contributed by atoms with Crippen molar-refractivity contribution in [1.29, 1.82) is 0 Å². The summed E-state index contributed by atoms with van der Waals surface area (Å²) < 4.78 is 10.8. The van der Waals surface area contributed by atoms with E-state index in [1.807, 2.05) is 0 Å². The Labute approximate surface area is 102 Å². The third kappa shape index (κ3) is 6.05. The van der Waals surface area contributed by atoms with Gasteiger partial charge in [0.2, 0.25) is 0 Å². The fraction of sp³-hybridized carbons (Fsp3) is 0.583. The Morgan fingerprint density at radius 2 is 2.06 bits per heavy atom. The van der Waals surface area contributed by atoms with Gasteiger partial charge in [-0.25, -0.2) is 0 Å². The number of nitrogens with zero attached hydrogens (tertiary/aromatic N) is 1. The molecule has 0 spiro atoms. The van der Waals surface area contributed by atoms with E-state index in [0.717, 1.165) is 12.3 Å². The van der Waals surface area contributed by atoms with Crippen molar-refractivity contribution in [2.24, 2.45) is 5.92 Å². The maximum absolute atomic E-state index is 5.82. The highest BCUT2D eigenvalue weighted by Crippen LogP contribution is 2.08. The minimum Gasteiger partial charge on any atom is -0.379 e. The van der Waals surface area contributed by atoms with Gasteiger partial charge in [-0.15, -0.1) is 0 Å². The van der Waals surface area contributed by atoms with Crippen LogP contribution in [0.1, 0.15) is 19.5 Å². The first-order valence-corrected chi connectivity index (χ1v) is 5.82. The van der Waals surface area contributed by atoms with Crippen molar-refractivity contribution < 1.29 is 9.47 Å². The van der Waals surface area contributed by atoms with Crippen molar-refractivity contribution in [2.45, 2.75) is 20.5 Å². The molecule has 0 saturated heterocycles. The summed E-state index contributed by atoms with van der Waals surface area (Å²) >= 11 is 5.82. The molecule has 0 saturated carbocycles. The zero-order chi connectivity index (χ0) is 11.8. The minimum atomic E-state index is 0.478. The summed E-state index contributed by atoms with van der Waals surface area (Å²) in [6, 6.07) is 3.55. The van der Waals surface area contributed by atoms with Crippen LogP contribution < -0.4 is 0 Å². The van der Waals surface area contributed by atoms with Crippen LogP contribution in [0, 0.1) is 5.92 Å². The summed E-state index contributed by atoms with van der Waals surface area (Å²) in [6.07, 6.45) is 1.68. The number of ether oxygens (including phenoxy) is 2. The third-order valence-corrected chi connectivity index (χ3v) is 2.09. The maximum atomic E-state index is 5.82. The average molecular weight is 244 g/mol. The molecule has 3 nitrogen and oxygen atoms in total. The van der Waals surface area contributed by atoms with Crippen molar-refractivity contribution in [3.8, 4) is 0 Å². The second-order valence-electron chi connectivity index (χ2n) is 3.99. The molecule has 90 valence electrons. The predicted molar refractivity (Wildman–Crippen MR) is 64.6 cm³/mol. The molecule has 1 aromatic rings. The van der Waals surface area contributed by atoms with Crippen molar-refractivity contribution in [1.82, 2.24) is 4.98 Å². The van der Waals surface area contributed by atoms with Crippen LogP contribution in [0.4, 0.5) is 0 Å². The summed E-state index contributed by atoms with van der Waals surface area (Å²) in [7, 11) is 0. The molecule has 1 rings (SSSR count). The fourth-order valence-electron chi connectivity index (χ4n) is 1.14. The largest absolute Gasteiger partial charge is 0.379 e. The van der Waals surface area contributed by atoms with Gasteiger partial charge >= 0.3 is 0 Å². The van der Waals surface area contributed by atoms with Crippen molar-refractivity contribution >= 4 is 11.6 Å². The predicted octanol–water partition coefficient (Wildman–Crippen LogP) is 2.92. The summed E-state index contributed by atoms with van der Waals surface area (Å²) in [5, 5.41) is 0.685. The van der Waals surface area contributed by atoms with Crippen LogP contribution in [0.2, 0.25) is 5.02 Å². The zero-order valence-corrected chi connectivity index (χ0v) is 10.5. The van der Waals surface area contributed by atoms with Gasteiger partial charge in [0.05, 0.1) is 25.5 Å². The number of hydrogen-bond acceptors (Lipinski definition) is 3. The second kappa shape index (κ2) is 7.60. The van der Waals surface area contributed by atoms with E-state index in [0.29, 0.717) is 30.8 Å². The summed E-state index contributed by atoms with van der Waals surface area (Å²) in [5.41, 5.74) is 0.844. The van der Waals surface area contributed by atoms with Gasteiger partial charge in [-0.2, -0.15) is 0 Å². The third-order valence-electron chi connectivity index (χ3n) is 1.85. The Hall–Kier alpha value is -0.640. The van der Waals surface area contributed by atoms with Crippen LogP contribution in [0.15, 0.2) is 18.3 Å². The van der Waals surface area contributed by atoms with Gasteiger partial charge in [0.15, 0.2) is 0 Å². The van der Waals surface area contributed by atoms with E-state index in [2.05, 4.69) is 18.8 Å². The summed E-state index contributed by atoms with van der Waals surface area (Å²) in [4.78, 5) is 4.14. The molecule has 1 heterocycles. The van der Waals surface area contributed by atoms with Crippen molar-refractivity contribution in [3.63, 3.8) is 0 Å². The lowest BCUT2D eigenvalue weighted by Crippen LogP contribution is -2.08. The molecule has 0 radical (unpaired) electrons. The molecule has 4 heteroatoms. The molecule has 0 unspecified atom stereocenters. The highest BCUT2D eigenvalue weighted by Gasteiger charge is 1.97. The van der Waals surface area contributed by atoms with Crippen LogP contribution in [-0.4, -0.2) is 24.8 Å². The monoisotopic (exact) mass is 243 g/mol. The van der Waals surface area contributed by atoms with E-state index in [1.54, 1.807) is 18.3 Å². The van der Waals surface area contributed by atoms with Gasteiger partial charge in [-0.3, -0.25) is 4.98 Å². The first-order valence-electron chi connectivity index (χ1n) is 5.44. The first kappa shape index (κ1) is 13.4. The Bertz CT molecular complexity index is 305. The normalized spacial score (nSPS) is 11.0. The topological polar surface area (TPSA) is 31.4 Å². The highest BCUT2D eigenvalue weighted by molar-refractivity contribution is 6.30. The molecule has 0 N–H and O–H groups in total.